The molecule has 3 atom stereocenters. The number of halogens is 1. The minimum atomic E-state index is -0.924. The number of hydrogen-bond acceptors (Lipinski definition) is 3. The van der Waals surface area contributed by atoms with E-state index in [1.807, 2.05) is 48.5 Å². The molecule has 0 bridgehead atoms. The minimum Gasteiger partial charge on any atom is -0.289 e. The van der Waals surface area contributed by atoms with Crippen molar-refractivity contribution in [1.82, 2.24) is 5.32 Å². The Hall–Kier alpha value is -2.52. The Balaban J connectivity index is 2.13. The summed E-state index contributed by atoms with van der Waals surface area (Å²) in [7, 11) is 0. The van der Waals surface area contributed by atoms with E-state index >= 15 is 0 Å². The van der Waals surface area contributed by atoms with Crippen LogP contribution in [0.4, 0.5) is 0 Å². The summed E-state index contributed by atoms with van der Waals surface area (Å²) in [5, 5.41) is 11.8. The van der Waals surface area contributed by atoms with Crippen LogP contribution in [-0.2, 0) is 9.59 Å². The van der Waals surface area contributed by atoms with E-state index in [-0.39, 0.29) is 0 Å². The molecule has 3 rings (SSSR count). The van der Waals surface area contributed by atoms with Gasteiger partial charge in [-0.1, -0.05) is 34.1 Å². The van der Waals surface area contributed by atoms with Crippen molar-refractivity contribution in [3.63, 3.8) is 0 Å². The lowest BCUT2D eigenvalue weighted by Crippen LogP contribution is -2.59. The first-order valence-corrected chi connectivity index (χ1v) is 7.86. The normalized spacial score (nSPS) is 23.9. The molecule has 5 nitrogen and oxygen atoms in total. The maximum absolute atomic E-state index is 12.4. The van der Waals surface area contributed by atoms with Gasteiger partial charge in [-0.25, -0.2) is 0 Å². The molecular formula is C17H13BrN3O2+. The number of nitrogens with zero attached hydrogens (tertiary/aromatic N) is 2. The van der Waals surface area contributed by atoms with Gasteiger partial charge in [0.2, 0.25) is 11.9 Å². The van der Waals surface area contributed by atoms with Gasteiger partial charge in [-0.05, 0) is 17.7 Å². The molecule has 1 fully saturated rings. The standard InChI is InChI=1S/C17H12BrN3O2/c18-12-6-4-11(5-7-12)14-13(10-19)16(22)20-17(23)15(14)21-8-2-1-3-9-21/h1-9,13-15H/p+1/t13-,14+,15+/m0/s1. The van der Waals surface area contributed by atoms with Gasteiger partial charge in [0.05, 0.1) is 12.0 Å². The number of amides is 2. The predicted molar refractivity (Wildman–Crippen MR) is 84.8 cm³/mol. The summed E-state index contributed by atoms with van der Waals surface area (Å²) >= 11 is 3.37. The third kappa shape index (κ3) is 2.88. The van der Waals surface area contributed by atoms with Gasteiger partial charge in [0.1, 0.15) is 5.92 Å². The lowest BCUT2D eigenvalue weighted by molar-refractivity contribution is -0.713. The van der Waals surface area contributed by atoms with Crippen LogP contribution in [0.5, 0.6) is 0 Å². The average molecular weight is 371 g/mol. The van der Waals surface area contributed by atoms with Crippen molar-refractivity contribution < 1.29 is 14.2 Å². The summed E-state index contributed by atoms with van der Waals surface area (Å²) in [6.45, 7) is 0. The molecule has 1 aromatic heterocycles. The molecule has 0 radical (unpaired) electrons. The third-order valence-electron chi connectivity index (χ3n) is 3.95. The molecule has 23 heavy (non-hydrogen) atoms. The molecule has 114 valence electrons. The second kappa shape index (κ2) is 6.31. The van der Waals surface area contributed by atoms with Gasteiger partial charge >= 0.3 is 0 Å². The number of rotatable bonds is 2. The molecule has 1 saturated heterocycles. The van der Waals surface area contributed by atoms with Crippen LogP contribution in [0.2, 0.25) is 0 Å². The van der Waals surface area contributed by atoms with E-state index in [1.54, 1.807) is 17.0 Å². The van der Waals surface area contributed by atoms with Gasteiger partial charge in [0, 0.05) is 16.6 Å². The van der Waals surface area contributed by atoms with Crippen LogP contribution in [-0.4, -0.2) is 11.8 Å². The first-order chi connectivity index (χ1) is 11.1. The molecule has 1 aliphatic heterocycles. The quantitative estimate of drug-likeness (QED) is 0.647. The predicted octanol–water partition coefficient (Wildman–Crippen LogP) is 1.86. The Bertz CT molecular complexity index is 784. The fourth-order valence-electron chi connectivity index (χ4n) is 2.90. The van der Waals surface area contributed by atoms with Gasteiger partial charge in [0.25, 0.3) is 5.91 Å². The number of imide groups is 1. The largest absolute Gasteiger partial charge is 0.296 e. The Morgan fingerprint density at radius 3 is 2.30 bits per heavy atom. The monoisotopic (exact) mass is 370 g/mol. The third-order valence-corrected chi connectivity index (χ3v) is 4.48. The molecule has 1 N–H and O–H groups in total. The van der Waals surface area contributed by atoms with Crippen LogP contribution in [0.3, 0.4) is 0 Å². The molecule has 2 aromatic rings. The van der Waals surface area contributed by atoms with Crippen molar-refractivity contribution in [1.29, 1.82) is 5.26 Å². The molecule has 2 amide bonds. The lowest BCUT2D eigenvalue weighted by atomic mass is 9.77. The zero-order valence-electron chi connectivity index (χ0n) is 12.0. The van der Waals surface area contributed by atoms with Crippen molar-refractivity contribution >= 4 is 27.7 Å². The lowest BCUT2D eigenvalue weighted by Gasteiger charge is -2.30. The highest BCUT2D eigenvalue weighted by atomic mass is 79.9. The van der Waals surface area contributed by atoms with Gasteiger partial charge in [-0.3, -0.25) is 14.9 Å². The van der Waals surface area contributed by atoms with Crippen LogP contribution in [0, 0.1) is 17.2 Å². The number of nitriles is 1. The second-order valence-electron chi connectivity index (χ2n) is 5.31. The highest BCUT2D eigenvalue weighted by molar-refractivity contribution is 9.10. The highest BCUT2D eigenvalue weighted by Gasteiger charge is 2.50. The number of hydrogen-bond donors (Lipinski definition) is 1. The van der Waals surface area contributed by atoms with Crippen molar-refractivity contribution in [2.75, 3.05) is 0 Å². The summed E-state index contributed by atoms with van der Waals surface area (Å²) in [5.41, 5.74) is 0.782. The summed E-state index contributed by atoms with van der Waals surface area (Å²) in [4.78, 5) is 24.5. The van der Waals surface area contributed by atoms with Gasteiger partial charge in [0.15, 0.2) is 12.4 Å². The Kier molecular flexibility index (Phi) is 4.22. The van der Waals surface area contributed by atoms with Crippen LogP contribution in [0.1, 0.15) is 17.5 Å². The number of nitrogens with one attached hydrogen (secondary N) is 1. The Labute approximate surface area is 141 Å². The van der Waals surface area contributed by atoms with E-state index in [2.05, 4.69) is 21.2 Å². The number of aromatic nitrogens is 1. The highest BCUT2D eigenvalue weighted by Crippen LogP contribution is 2.36. The van der Waals surface area contributed by atoms with Crippen LogP contribution >= 0.6 is 15.9 Å². The van der Waals surface area contributed by atoms with E-state index in [9.17, 15) is 14.9 Å². The molecule has 1 aliphatic rings. The summed E-state index contributed by atoms with van der Waals surface area (Å²) in [5.74, 6) is -2.41. The van der Waals surface area contributed by atoms with Crippen molar-refractivity contribution in [2.24, 2.45) is 5.92 Å². The van der Waals surface area contributed by atoms with E-state index in [0.29, 0.717) is 0 Å². The molecular weight excluding hydrogens is 358 g/mol. The maximum Gasteiger partial charge on any atom is 0.296 e. The van der Waals surface area contributed by atoms with E-state index in [4.69, 9.17) is 0 Å². The molecule has 6 heteroatoms. The molecule has 2 heterocycles. The molecule has 0 saturated carbocycles. The van der Waals surface area contributed by atoms with Gasteiger partial charge < -0.3 is 0 Å². The number of piperidine rings is 1. The molecule has 1 aromatic carbocycles. The van der Waals surface area contributed by atoms with E-state index in [0.717, 1.165) is 10.0 Å². The van der Waals surface area contributed by atoms with Crippen LogP contribution in [0.25, 0.3) is 0 Å². The van der Waals surface area contributed by atoms with E-state index < -0.39 is 29.7 Å². The average Bonchev–Trinajstić information content (AvgIpc) is 2.56. The molecule has 0 unspecified atom stereocenters. The zero-order chi connectivity index (χ0) is 16.4. The van der Waals surface area contributed by atoms with Crippen molar-refractivity contribution in [3.8, 4) is 6.07 Å². The Morgan fingerprint density at radius 1 is 1.04 bits per heavy atom. The maximum atomic E-state index is 12.4. The van der Waals surface area contributed by atoms with Crippen molar-refractivity contribution in [2.45, 2.75) is 12.0 Å². The topological polar surface area (TPSA) is 73.8 Å². The van der Waals surface area contributed by atoms with Crippen LogP contribution < -0.4 is 9.88 Å². The number of carbonyl (C=O) groups excluding carboxylic acids is 2. The number of benzene rings is 1. The number of pyridine rings is 1. The first-order valence-electron chi connectivity index (χ1n) is 7.07. The zero-order valence-corrected chi connectivity index (χ0v) is 13.6. The minimum absolute atomic E-state index is 0.398. The van der Waals surface area contributed by atoms with E-state index in [1.165, 1.54) is 0 Å². The Morgan fingerprint density at radius 2 is 1.70 bits per heavy atom. The summed E-state index contributed by atoms with van der Waals surface area (Å²) < 4.78 is 2.63. The van der Waals surface area contributed by atoms with Crippen LogP contribution in [0.15, 0.2) is 59.3 Å². The smallest absolute Gasteiger partial charge is 0.289 e. The van der Waals surface area contributed by atoms with Gasteiger partial charge in [-0.15, -0.1) is 0 Å². The fourth-order valence-corrected chi connectivity index (χ4v) is 3.16. The molecule has 0 spiro atoms. The fraction of sp³-hybridized carbons (Fsp3) is 0.176. The summed E-state index contributed by atoms with van der Waals surface area (Å²) in [6.07, 6.45) is 3.53. The molecule has 0 aliphatic carbocycles. The number of carbonyl (C=O) groups is 2. The summed E-state index contributed by atoms with van der Waals surface area (Å²) in [6, 6.07) is 14.2. The first kappa shape index (κ1) is 15.4. The van der Waals surface area contributed by atoms with Gasteiger partial charge in [-0.2, -0.15) is 9.83 Å². The van der Waals surface area contributed by atoms with Crippen molar-refractivity contribution in [3.05, 3.63) is 64.9 Å². The second-order valence-corrected chi connectivity index (χ2v) is 6.22. The SMILES string of the molecule is N#C[C@@H]1C(=O)NC(=O)[C@H]([n+]2ccccc2)[C@@H]1c1ccc(Br)cc1.